The van der Waals surface area contributed by atoms with E-state index in [1.165, 1.54) is 0 Å². The van der Waals surface area contributed by atoms with E-state index >= 15 is 0 Å². The van der Waals surface area contributed by atoms with Crippen molar-refractivity contribution < 1.29 is 0 Å². The second-order valence-electron chi connectivity index (χ2n) is 2.81. The van der Waals surface area contributed by atoms with Crippen LogP contribution in [0.5, 0.6) is 0 Å². The summed E-state index contributed by atoms with van der Waals surface area (Å²) in [6, 6.07) is 8.10. The van der Waals surface area contributed by atoms with Gasteiger partial charge < -0.3 is 5.73 Å². The first kappa shape index (κ1) is 9.83. The molecule has 14 heavy (non-hydrogen) atoms. The van der Waals surface area contributed by atoms with Gasteiger partial charge in [-0.3, -0.25) is 0 Å². The summed E-state index contributed by atoms with van der Waals surface area (Å²) in [6.45, 7) is 0.486. The first-order valence-electron chi connectivity index (χ1n) is 4.20. The maximum absolute atomic E-state index is 5.61. The van der Waals surface area contributed by atoms with E-state index in [4.69, 9.17) is 5.73 Å². The predicted molar refractivity (Wildman–Crippen MR) is 63.1 cm³/mol. The van der Waals surface area contributed by atoms with Gasteiger partial charge in [-0.1, -0.05) is 34.1 Å². The summed E-state index contributed by atoms with van der Waals surface area (Å²) in [5.41, 5.74) is 9.56. The van der Waals surface area contributed by atoms with Crippen molar-refractivity contribution in [2.45, 2.75) is 6.54 Å². The molecule has 0 radical (unpaired) electrons. The first-order chi connectivity index (χ1) is 6.83. The number of benzene rings is 1. The molecule has 0 saturated carbocycles. The number of nitrogens with two attached hydrogens (primary N) is 1. The molecule has 0 spiro atoms. The van der Waals surface area contributed by atoms with Crippen LogP contribution in [0.2, 0.25) is 0 Å². The minimum atomic E-state index is 0.486. The highest BCUT2D eigenvalue weighted by molar-refractivity contribution is 9.10. The Labute approximate surface area is 94.9 Å². The third-order valence-electron chi connectivity index (χ3n) is 1.95. The summed E-state index contributed by atoms with van der Waals surface area (Å²) in [5, 5.41) is 0. The molecule has 1 heterocycles. The minimum Gasteiger partial charge on any atom is -0.325 e. The smallest absolute Gasteiger partial charge is 0.0802 e. The van der Waals surface area contributed by atoms with Crippen LogP contribution >= 0.6 is 27.3 Å². The lowest BCUT2D eigenvalue weighted by atomic mass is 10.1. The zero-order chi connectivity index (χ0) is 9.97. The van der Waals surface area contributed by atoms with Crippen LogP contribution < -0.4 is 5.73 Å². The highest BCUT2D eigenvalue weighted by Crippen LogP contribution is 2.32. The number of hydrogen-bond acceptors (Lipinski definition) is 3. The van der Waals surface area contributed by atoms with Crippen molar-refractivity contribution in [1.82, 2.24) is 4.98 Å². The zero-order valence-corrected chi connectivity index (χ0v) is 9.81. The molecule has 0 saturated heterocycles. The third kappa shape index (κ3) is 1.73. The normalized spacial score (nSPS) is 10.4. The third-order valence-corrected chi connectivity index (χ3v) is 3.55. The van der Waals surface area contributed by atoms with Crippen molar-refractivity contribution in [3.8, 4) is 10.4 Å². The van der Waals surface area contributed by atoms with Crippen molar-refractivity contribution in [2.24, 2.45) is 5.73 Å². The summed E-state index contributed by atoms with van der Waals surface area (Å²) in [5.74, 6) is 0. The molecule has 0 amide bonds. The Morgan fingerprint density at radius 1 is 1.36 bits per heavy atom. The van der Waals surface area contributed by atoms with E-state index < -0.39 is 0 Å². The Bertz CT molecular complexity index is 439. The molecule has 0 unspecified atom stereocenters. The van der Waals surface area contributed by atoms with Crippen molar-refractivity contribution >= 4 is 27.3 Å². The molecule has 1 aromatic heterocycles. The largest absolute Gasteiger partial charge is 0.325 e. The molecule has 0 fully saturated rings. The molecule has 0 aliphatic heterocycles. The predicted octanol–water partition coefficient (Wildman–Crippen LogP) is 3.03. The van der Waals surface area contributed by atoms with Gasteiger partial charge in [0.05, 0.1) is 16.1 Å². The molecule has 0 bridgehead atoms. The van der Waals surface area contributed by atoms with Crippen molar-refractivity contribution in [2.75, 3.05) is 0 Å². The second-order valence-corrected chi connectivity index (χ2v) is 4.52. The maximum atomic E-state index is 5.61. The summed E-state index contributed by atoms with van der Waals surface area (Å²) >= 11 is 5.14. The molecule has 2 N–H and O–H groups in total. The van der Waals surface area contributed by atoms with Gasteiger partial charge in [-0.25, -0.2) is 4.98 Å². The van der Waals surface area contributed by atoms with Gasteiger partial charge in [0.1, 0.15) is 0 Å². The van der Waals surface area contributed by atoms with Crippen LogP contribution in [0, 0.1) is 0 Å². The highest BCUT2D eigenvalue weighted by Gasteiger charge is 2.09. The van der Waals surface area contributed by atoms with E-state index in [0.717, 1.165) is 20.6 Å². The van der Waals surface area contributed by atoms with Crippen LogP contribution in [-0.2, 0) is 6.54 Å². The SMILES string of the molecule is NCc1ncsc1-c1ccccc1Br. The monoisotopic (exact) mass is 268 g/mol. The van der Waals surface area contributed by atoms with E-state index in [1.54, 1.807) is 11.3 Å². The molecular weight excluding hydrogens is 260 g/mol. The summed E-state index contributed by atoms with van der Waals surface area (Å²) in [4.78, 5) is 5.38. The van der Waals surface area contributed by atoms with Crippen LogP contribution in [0.3, 0.4) is 0 Å². The highest BCUT2D eigenvalue weighted by atomic mass is 79.9. The lowest BCUT2D eigenvalue weighted by molar-refractivity contribution is 1.01. The number of hydrogen-bond donors (Lipinski definition) is 1. The topological polar surface area (TPSA) is 38.9 Å². The lowest BCUT2D eigenvalue weighted by Gasteiger charge is -2.02. The minimum absolute atomic E-state index is 0.486. The number of halogens is 1. The van der Waals surface area contributed by atoms with Crippen LogP contribution in [-0.4, -0.2) is 4.98 Å². The van der Waals surface area contributed by atoms with E-state index in [9.17, 15) is 0 Å². The molecular formula is C10H9BrN2S. The molecule has 0 atom stereocenters. The Balaban J connectivity index is 2.54. The van der Waals surface area contributed by atoms with Gasteiger partial charge in [-0.2, -0.15) is 0 Å². The van der Waals surface area contributed by atoms with Gasteiger partial charge in [0, 0.05) is 16.6 Å². The first-order valence-corrected chi connectivity index (χ1v) is 5.87. The second kappa shape index (κ2) is 4.21. The summed E-state index contributed by atoms with van der Waals surface area (Å²) in [7, 11) is 0. The summed E-state index contributed by atoms with van der Waals surface area (Å²) in [6.07, 6.45) is 0. The Morgan fingerprint density at radius 3 is 2.86 bits per heavy atom. The fraction of sp³-hybridized carbons (Fsp3) is 0.100. The van der Waals surface area contributed by atoms with E-state index in [1.807, 2.05) is 23.7 Å². The molecule has 0 aliphatic rings. The van der Waals surface area contributed by atoms with Gasteiger partial charge >= 0.3 is 0 Å². The molecule has 2 nitrogen and oxygen atoms in total. The zero-order valence-electron chi connectivity index (χ0n) is 7.40. The van der Waals surface area contributed by atoms with Crippen molar-refractivity contribution in [3.63, 3.8) is 0 Å². The van der Waals surface area contributed by atoms with E-state index in [0.29, 0.717) is 6.54 Å². The van der Waals surface area contributed by atoms with Crippen LogP contribution in [0.15, 0.2) is 34.2 Å². The number of thiazole rings is 1. The summed E-state index contributed by atoms with van der Waals surface area (Å²) < 4.78 is 1.08. The molecule has 2 rings (SSSR count). The van der Waals surface area contributed by atoms with Gasteiger partial charge in [0.25, 0.3) is 0 Å². The van der Waals surface area contributed by atoms with Gasteiger partial charge in [-0.05, 0) is 6.07 Å². The fourth-order valence-electron chi connectivity index (χ4n) is 1.28. The average molecular weight is 269 g/mol. The van der Waals surface area contributed by atoms with Crippen LogP contribution in [0.25, 0.3) is 10.4 Å². The molecule has 4 heteroatoms. The van der Waals surface area contributed by atoms with Gasteiger partial charge in [-0.15, -0.1) is 11.3 Å². The number of nitrogens with zero attached hydrogens (tertiary/aromatic N) is 1. The molecule has 0 aliphatic carbocycles. The van der Waals surface area contributed by atoms with Crippen LogP contribution in [0.4, 0.5) is 0 Å². The maximum Gasteiger partial charge on any atom is 0.0802 e. The molecule has 1 aromatic carbocycles. The quantitative estimate of drug-likeness (QED) is 0.910. The molecule has 72 valence electrons. The van der Waals surface area contributed by atoms with Gasteiger partial charge in [0.2, 0.25) is 0 Å². The Morgan fingerprint density at radius 2 is 2.14 bits per heavy atom. The van der Waals surface area contributed by atoms with Crippen LogP contribution in [0.1, 0.15) is 5.69 Å². The lowest BCUT2D eigenvalue weighted by Crippen LogP contribution is -1.97. The Kier molecular flexibility index (Phi) is 2.96. The fourth-order valence-corrected chi connectivity index (χ4v) is 2.76. The standard InChI is InChI=1S/C10H9BrN2S/c11-8-4-2-1-3-7(8)10-9(5-12)13-6-14-10/h1-4,6H,5,12H2. The van der Waals surface area contributed by atoms with Crippen molar-refractivity contribution in [1.29, 1.82) is 0 Å². The van der Waals surface area contributed by atoms with E-state index in [-0.39, 0.29) is 0 Å². The van der Waals surface area contributed by atoms with E-state index in [2.05, 4.69) is 27.0 Å². The average Bonchev–Trinajstić information content (AvgIpc) is 2.66. The van der Waals surface area contributed by atoms with Gasteiger partial charge in [0.15, 0.2) is 0 Å². The number of aromatic nitrogens is 1. The Hall–Kier alpha value is -0.710. The molecule has 2 aromatic rings. The van der Waals surface area contributed by atoms with Crippen molar-refractivity contribution in [3.05, 3.63) is 39.9 Å². The number of rotatable bonds is 2.